The van der Waals surface area contributed by atoms with Gasteiger partial charge in [0.2, 0.25) is 11.8 Å². The van der Waals surface area contributed by atoms with E-state index in [0.29, 0.717) is 18.9 Å². The van der Waals surface area contributed by atoms with Crippen LogP contribution < -0.4 is 5.32 Å². The summed E-state index contributed by atoms with van der Waals surface area (Å²) in [6.07, 6.45) is 23.5. The number of unbranched alkanes of at least 4 members (excludes halogenated alkanes) is 6. The fourth-order valence-electron chi connectivity index (χ4n) is 3.01. The van der Waals surface area contributed by atoms with E-state index >= 15 is 0 Å². The van der Waals surface area contributed by atoms with Gasteiger partial charge in [-0.3, -0.25) is 9.59 Å². The fourth-order valence-corrected chi connectivity index (χ4v) is 3.01. The summed E-state index contributed by atoms with van der Waals surface area (Å²) in [7, 11) is 1.91. The molecule has 0 unspecified atom stereocenters. The summed E-state index contributed by atoms with van der Waals surface area (Å²) in [6, 6.07) is 0.482. The molecule has 4 heteroatoms. The van der Waals surface area contributed by atoms with Crippen LogP contribution in [0.25, 0.3) is 0 Å². The number of allylic oxidation sites excluding steroid dienone is 3. The Kier molecular flexibility index (Phi) is 14.3. The zero-order chi connectivity index (χ0) is 20.5. The molecule has 1 N–H and O–H groups in total. The van der Waals surface area contributed by atoms with Crippen LogP contribution in [0.3, 0.4) is 0 Å². The number of carbonyl (C=O) groups is 2. The van der Waals surface area contributed by atoms with Crippen LogP contribution in [0.2, 0.25) is 0 Å². The third kappa shape index (κ3) is 14.5. The minimum absolute atomic E-state index is 0.217. The van der Waals surface area contributed by atoms with Gasteiger partial charge in [0.25, 0.3) is 0 Å². The minimum atomic E-state index is 0.217. The SMILES string of the molecule is CCCCCC(=O)N(C)CCC=CCCCCC=CCCCC(=O)NC1CC1. The molecular formula is C24H42N2O2. The molecule has 2 amide bonds. The number of nitrogens with one attached hydrogen (secondary N) is 1. The van der Waals surface area contributed by atoms with Gasteiger partial charge in [-0.1, -0.05) is 44.1 Å². The first-order valence-electron chi connectivity index (χ1n) is 11.5. The normalized spacial score (nSPS) is 14.1. The second-order valence-electron chi connectivity index (χ2n) is 8.02. The first kappa shape index (κ1) is 24.5. The van der Waals surface area contributed by atoms with Crippen molar-refractivity contribution in [1.82, 2.24) is 10.2 Å². The Bertz CT molecular complexity index is 481. The molecule has 0 heterocycles. The van der Waals surface area contributed by atoms with Crippen molar-refractivity contribution in [2.24, 2.45) is 0 Å². The van der Waals surface area contributed by atoms with E-state index in [9.17, 15) is 9.59 Å². The van der Waals surface area contributed by atoms with Crippen molar-refractivity contribution in [3.8, 4) is 0 Å². The van der Waals surface area contributed by atoms with Crippen molar-refractivity contribution in [2.75, 3.05) is 13.6 Å². The van der Waals surface area contributed by atoms with Crippen molar-refractivity contribution in [3.63, 3.8) is 0 Å². The predicted octanol–water partition coefficient (Wildman–Crippen LogP) is 5.54. The maximum atomic E-state index is 11.9. The lowest BCUT2D eigenvalue weighted by molar-refractivity contribution is -0.130. The molecule has 4 nitrogen and oxygen atoms in total. The molecule has 0 spiro atoms. The van der Waals surface area contributed by atoms with E-state index in [1.807, 2.05) is 11.9 Å². The van der Waals surface area contributed by atoms with Gasteiger partial charge in [-0.15, -0.1) is 0 Å². The summed E-state index contributed by atoms with van der Waals surface area (Å²) < 4.78 is 0. The van der Waals surface area contributed by atoms with Crippen LogP contribution in [-0.4, -0.2) is 36.3 Å². The Labute approximate surface area is 172 Å². The van der Waals surface area contributed by atoms with Crippen LogP contribution >= 0.6 is 0 Å². The van der Waals surface area contributed by atoms with Crippen LogP contribution in [-0.2, 0) is 9.59 Å². The number of carbonyl (C=O) groups excluding carboxylic acids is 2. The Morgan fingerprint density at radius 2 is 1.46 bits per heavy atom. The summed E-state index contributed by atoms with van der Waals surface area (Å²) in [6.45, 7) is 2.98. The zero-order valence-electron chi connectivity index (χ0n) is 18.3. The lowest BCUT2D eigenvalue weighted by Crippen LogP contribution is -2.27. The summed E-state index contributed by atoms with van der Waals surface area (Å²) in [4.78, 5) is 25.3. The van der Waals surface area contributed by atoms with Crippen molar-refractivity contribution in [1.29, 1.82) is 0 Å². The van der Waals surface area contributed by atoms with Gasteiger partial charge >= 0.3 is 0 Å². The summed E-state index contributed by atoms with van der Waals surface area (Å²) in [5, 5.41) is 3.03. The Morgan fingerprint density at radius 1 is 0.857 bits per heavy atom. The smallest absolute Gasteiger partial charge is 0.222 e. The van der Waals surface area contributed by atoms with Gasteiger partial charge < -0.3 is 10.2 Å². The molecule has 1 aliphatic rings. The maximum absolute atomic E-state index is 11.9. The molecule has 1 fully saturated rings. The highest BCUT2D eigenvalue weighted by atomic mass is 16.2. The topological polar surface area (TPSA) is 49.4 Å². The van der Waals surface area contributed by atoms with Gasteiger partial charge in [-0.2, -0.15) is 0 Å². The zero-order valence-corrected chi connectivity index (χ0v) is 18.3. The Balaban J connectivity index is 1.86. The highest BCUT2D eigenvalue weighted by Crippen LogP contribution is 2.18. The highest BCUT2D eigenvalue weighted by molar-refractivity contribution is 5.76. The summed E-state index contributed by atoms with van der Waals surface area (Å²) >= 11 is 0. The van der Waals surface area contributed by atoms with E-state index in [-0.39, 0.29) is 11.8 Å². The van der Waals surface area contributed by atoms with E-state index in [0.717, 1.165) is 70.8 Å². The lowest BCUT2D eigenvalue weighted by Gasteiger charge is -2.15. The first-order valence-corrected chi connectivity index (χ1v) is 11.5. The number of nitrogens with zero attached hydrogens (tertiary/aromatic N) is 1. The highest BCUT2D eigenvalue weighted by Gasteiger charge is 2.22. The van der Waals surface area contributed by atoms with Crippen LogP contribution in [0.5, 0.6) is 0 Å². The van der Waals surface area contributed by atoms with E-state index in [4.69, 9.17) is 0 Å². The van der Waals surface area contributed by atoms with Crippen LogP contribution in [0.1, 0.15) is 96.8 Å². The summed E-state index contributed by atoms with van der Waals surface area (Å²) in [5.74, 6) is 0.493. The molecule has 0 saturated heterocycles. The maximum Gasteiger partial charge on any atom is 0.222 e. The molecule has 0 bridgehead atoms. The largest absolute Gasteiger partial charge is 0.353 e. The van der Waals surface area contributed by atoms with E-state index < -0.39 is 0 Å². The number of hydrogen-bond donors (Lipinski definition) is 1. The van der Waals surface area contributed by atoms with Gasteiger partial charge in [-0.25, -0.2) is 0 Å². The van der Waals surface area contributed by atoms with Crippen LogP contribution in [0.4, 0.5) is 0 Å². The second kappa shape index (κ2) is 16.4. The van der Waals surface area contributed by atoms with Crippen LogP contribution in [0, 0.1) is 0 Å². The lowest BCUT2D eigenvalue weighted by atomic mass is 10.1. The third-order valence-corrected chi connectivity index (χ3v) is 5.09. The van der Waals surface area contributed by atoms with E-state index in [2.05, 4.69) is 36.5 Å². The number of rotatable bonds is 17. The molecule has 1 rings (SSSR count). The Hall–Kier alpha value is -1.58. The Morgan fingerprint density at radius 3 is 2.07 bits per heavy atom. The summed E-state index contributed by atoms with van der Waals surface area (Å²) in [5.41, 5.74) is 0. The average molecular weight is 391 g/mol. The predicted molar refractivity (Wildman–Crippen MR) is 118 cm³/mol. The molecule has 1 saturated carbocycles. The number of hydrogen-bond acceptors (Lipinski definition) is 2. The van der Waals surface area contributed by atoms with Gasteiger partial charge in [0.15, 0.2) is 0 Å². The second-order valence-corrected chi connectivity index (χ2v) is 8.02. The average Bonchev–Trinajstić information content (AvgIpc) is 3.49. The first-order chi connectivity index (χ1) is 13.6. The van der Waals surface area contributed by atoms with Crippen molar-refractivity contribution in [3.05, 3.63) is 24.3 Å². The van der Waals surface area contributed by atoms with Gasteiger partial charge in [-0.05, 0) is 64.2 Å². The van der Waals surface area contributed by atoms with Crippen molar-refractivity contribution >= 4 is 11.8 Å². The van der Waals surface area contributed by atoms with Gasteiger partial charge in [0.05, 0.1) is 0 Å². The monoisotopic (exact) mass is 390 g/mol. The molecule has 28 heavy (non-hydrogen) atoms. The molecule has 0 atom stereocenters. The molecule has 0 aromatic carbocycles. The van der Waals surface area contributed by atoms with E-state index in [1.165, 1.54) is 12.8 Å². The van der Waals surface area contributed by atoms with Gasteiger partial charge in [0, 0.05) is 32.5 Å². The molecular weight excluding hydrogens is 348 g/mol. The molecule has 160 valence electrons. The minimum Gasteiger partial charge on any atom is -0.353 e. The van der Waals surface area contributed by atoms with Crippen molar-refractivity contribution < 1.29 is 9.59 Å². The van der Waals surface area contributed by atoms with Crippen LogP contribution in [0.15, 0.2) is 24.3 Å². The molecule has 0 aliphatic heterocycles. The third-order valence-electron chi connectivity index (χ3n) is 5.09. The van der Waals surface area contributed by atoms with E-state index in [1.54, 1.807) is 0 Å². The molecule has 1 aliphatic carbocycles. The molecule has 0 aromatic heterocycles. The molecule has 0 radical (unpaired) electrons. The standard InChI is InChI=1S/C24H42N2O2/c1-3-4-14-18-24(28)26(2)21-16-13-11-9-7-5-6-8-10-12-15-17-23(27)25-22-19-20-22/h8,10-11,13,22H,3-7,9,12,14-21H2,1-2H3,(H,25,27). The molecule has 0 aromatic rings. The fraction of sp³-hybridized carbons (Fsp3) is 0.750. The van der Waals surface area contributed by atoms with Crippen molar-refractivity contribution in [2.45, 2.75) is 103 Å². The van der Waals surface area contributed by atoms with Gasteiger partial charge in [0.1, 0.15) is 0 Å². The quantitative estimate of drug-likeness (QED) is 0.262. The number of amides is 2.